The Bertz CT molecular complexity index is 770. The molecular formula is C21H27NO2. The van der Waals surface area contributed by atoms with Crippen molar-refractivity contribution in [3.8, 4) is 5.75 Å². The van der Waals surface area contributed by atoms with Gasteiger partial charge in [0.2, 0.25) is 0 Å². The van der Waals surface area contributed by atoms with Gasteiger partial charge in [0.1, 0.15) is 5.75 Å². The van der Waals surface area contributed by atoms with E-state index in [2.05, 4.69) is 45.0 Å². The van der Waals surface area contributed by atoms with Crippen molar-refractivity contribution in [2.45, 2.75) is 64.6 Å². The van der Waals surface area contributed by atoms with Gasteiger partial charge in [0, 0.05) is 22.6 Å². The van der Waals surface area contributed by atoms with Crippen molar-refractivity contribution in [1.82, 2.24) is 4.98 Å². The summed E-state index contributed by atoms with van der Waals surface area (Å²) in [5, 5.41) is 1.14. The second-order valence-corrected chi connectivity index (χ2v) is 7.90. The van der Waals surface area contributed by atoms with Crippen LogP contribution in [0.2, 0.25) is 0 Å². The van der Waals surface area contributed by atoms with Gasteiger partial charge in [-0.15, -0.1) is 0 Å². The predicted molar refractivity (Wildman–Crippen MR) is 96.7 cm³/mol. The van der Waals surface area contributed by atoms with Crippen LogP contribution in [0, 0.1) is 12.8 Å². The first-order valence-corrected chi connectivity index (χ1v) is 9.18. The van der Waals surface area contributed by atoms with Crippen LogP contribution in [0.3, 0.4) is 0 Å². The van der Waals surface area contributed by atoms with Crippen molar-refractivity contribution in [3.63, 3.8) is 0 Å². The minimum absolute atomic E-state index is 0.163. The van der Waals surface area contributed by atoms with Crippen LogP contribution in [0.15, 0.2) is 24.3 Å². The third kappa shape index (κ3) is 2.50. The molecule has 0 spiro atoms. The van der Waals surface area contributed by atoms with E-state index in [1.54, 1.807) is 0 Å². The van der Waals surface area contributed by atoms with Gasteiger partial charge in [0.15, 0.2) is 0 Å². The molecule has 3 nitrogen and oxygen atoms in total. The van der Waals surface area contributed by atoms with Gasteiger partial charge in [0.25, 0.3) is 0 Å². The lowest BCUT2D eigenvalue weighted by Crippen LogP contribution is -2.52. The molecule has 3 atom stereocenters. The van der Waals surface area contributed by atoms with Crippen molar-refractivity contribution < 1.29 is 9.47 Å². The van der Waals surface area contributed by atoms with Crippen molar-refractivity contribution in [1.29, 1.82) is 0 Å². The highest BCUT2D eigenvalue weighted by Gasteiger charge is 2.51. The van der Waals surface area contributed by atoms with Crippen LogP contribution >= 0.6 is 0 Å². The number of rotatable bonds is 3. The maximum atomic E-state index is 6.08. The summed E-state index contributed by atoms with van der Waals surface area (Å²) in [7, 11) is 0. The van der Waals surface area contributed by atoms with Gasteiger partial charge in [-0.2, -0.15) is 0 Å². The van der Waals surface area contributed by atoms with E-state index >= 15 is 0 Å². The number of hydrogen-bond donors (Lipinski definition) is 0. The molecule has 0 amide bonds. The first kappa shape index (κ1) is 15.9. The predicted octanol–water partition coefficient (Wildman–Crippen LogP) is 4.79. The van der Waals surface area contributed by atoms with E-state index in [0.717, 1.165) is 35.4 Å². The number of benzene rings is 1. The third-order valence-corrected chi connectivity index (χ3v) is 5.79. The number of pyridine rings is 1. The third-order valence-electron chi connectivity index (χ3n) is 5.79. The molecular weight excluding hydrogens is 298 g/mol. The monoisotopic (exact) mass is 325 g/mol. The Morgan fingerprint density at radius 2 is 2.12 bits per heavy atom. The summed E-state index contributed by atoms with van der Waals surface area (Å²) in [6.45, 7) is 9.29. The molecule has 0 radical (unpaired) electrons. The molecule has 4 rings (SSSR count). The molecule has 2 fully saturated rings. The molecule has 2 heterocycles. The minimum Gasteiger partial charge on any atom is -0.490 e. The second kappa shape index (κ2) is 5.73. The van der Waals surface area contributed by atoms with E-state index in [4.69, 9.17) is 14.5 Å². The summed E-state index contributed by atoms with van der Waals surface area (Å²) in [5.74, 6) is 1.63. The Labute approximate surface area is 144 Å². The lowest BCUT2D eigenvalue weighted by atomic mass is 9.53. The fourth-order valence-electron chi connectivity index (χ4n) is 4.54. The van der Waals surface area contributed by atoms with Gasteiger partial charge < -0.3 is 9.47 Å². The van der Waals surface area contributed by atoms with Crippen LogP contribution in [-0.4, -0.2) is 23.8 Å². The molecule has 0 bridgehead atoms. The first-order chi connectivity index (χ1) is 11.5. The van der Waals surface area contributed by atoms with Crippen molar-refractivity contribution >= 4 is 10.9 Å². The number of ether oxygens (including phenoxy) is 2. The average Bonchev–Trinajstić information content (AvgIpc) is 2.49. The standard InChI is InChI=1S/C21H27NO2/c1-13(2)24-20-9-14(3)22-19-6-5-16(10-18(19)20)21-8-7-17(21)12-23-15(4)11-21/h5-6,9-10,13,15,17H,7-8,11-12H2,1-4H3/t15-,17-,21+/m1/s1. The molecule has 24 heavy (non-hydrogen) atoms. The summed E-state index contributed by atoms with van der Waals surface area (Å²) < 4.78 is 12.0. The maximum absolute atomic E-state index is 6.08. The fourth-order valence-corrected chi connectivity index (χ4v) is 4.54. The van der Waals surface area contributed by atoms with Gasteiger partial charge in [-0.25, -0.2) is 0 Å². The quantitative estimate of drug-likeness (QED) is 0.813. The first-order valence-electron chi connectivity index (χ1n) is 9.18. The lowest BCUT2D eigenvalue weighted by Gasteiger charge is -2.54. The Hall–Kier alpha value is -1.61. The molecule has 2 aromatic rings. The summed E-state index contributed by atoms with van der Waals surface area (Å²) in [6.07, 6.45) is 4.20. The van der Waals surface area contributed by atoms with E-state index in [1.807, 2.05) is 6.92 Å². The van der Waals surface area contributed by atoms with Crippen LogP contribution in [0.4, 0.5) is 0 Å². The topological polar surface area (TPSA) is 31.4 Å². The zero-order chi connectivity index (χ0) is 16.9. The van der Waals surface area contributed by atoms with Gasteiger partial charge in [-0.3, -0.25) is 4.98 Å². The smallest absolute Gasteiger partial charge is 0.130 e. The zero-order valence-electron chi connectivity index (χ0n) is 15.1. The van der Waals surface area contributed by atoms with Crippen LogP contribution < -0.4 is 4.74 Å². The summed E-state index contributed by atoms with van der Waals surface area (Å²) in [5.41, 5.74) is 3.78. The molecule has 2 aliphatic rings. The number of fused-ring (bicyclic) bond motifs is 2. The summed E-state index contributed by atoms with van der Waals surface area (Å²) >= 11 is 0. The molecule has 1 aromatic heterocycles. The van der Waals surface area contributed by atoms with Crippen molar-refractivity contribution in [3.05, 3.63) is 35.5 Å². The molecule has 3 heteroatoms. The maximum Gasteiger partial charge on any atom is 0.130 e. The molecule has 1 aliphatic carbocycles. The molecule has 1 aliphatic heterocycles. The molecule has 1 saturated carbocycles. The molecule has 128 valence electrons. The molecule has 1 aromatic carbocycles. The Balaban J connectivity index is 1.81. The average molecular weight is 325 g/mol. The normalized spacial score (nSPS) is 29.4. The zero-order valence-corrected chi connectivity index (χ0v) is 15.1. The van der Waals surface area contributed by atoms with Crippen molar-refractivity contribution in [2.24, 2.45) is 5.92 Å². The summed E-state index contributed by atoms with van der Waals surface area (Å²) in [4.78, 5) is 4.70. The van der Waals surface area contributed by atoms with Crippen LogP contribution in [0.1, 0.15) is 51.3 Å². The highest BCUT2D eigenvalue weighted by atomic mass is 16.5. The highest BCUT2D eigenvalue weighted by molar-refractivity contribution is 5.86. The number of aromatic nitrogens is 1. The Morgan fingerprint density at radius 3 is 2.83 bits per heavy atom. The van der Waals surface area contributed by atoms with E-state index in [9.17, 15) is 0 Å². The van der Waals surface area contributed by atoms with Gasteiger partial charge in [-0.05, 0) is 70.6 Å². The van der Waals surface area contributed by atoms with E-state index < -0.39 is 0 Å². The number of aryl methyl sites for hydroxylation is 1. The van der Waals surface area contributed by atoms with E-state index in [0.29, 0.717) is 17.4 Å². The largest absolute Gasteiger partial charge is 0.490 e. The molecule has 0 N–H and O–H groups in total. The van der Waals surface area contributed by atoms with E-state index in [1.165, 1.54) is 18.4 Å². The molecule has 0 unspecified atom stereocenters. The van der Waals surface area contributed by atoms with E-state index in [-0.39, 0.29) is 6.10 Å². The van der Waals surface area contributed by atoms with Gasteiger partial charge >= 0.3 is 0 Å². The Morgan fingerprint density at radius 1 is 1.29 bits per heavy atom. The molecule has 1 saturated heterocycles. The van der Waals surface area contributed by atoms with Crippen molar-refractivity contribution in [2.75, 3.05) is 6.61 Å². The Kier molecular flexibility index (Phi) is 3.80. The number of hydrogen-bond acceptors (Lipinski definition) is 3. The second-order valence-electron chi connectivity index (χ2n) is 7.90. The van der Waals surface area contributed by atoms with Gasteiger partial charge in [0.05, 0.1) is 24.3 Å². The fraction of sp³-hybridized carbons (Fsp3) is 0.571. The van der Waals surface area contributed by atoms with Crippen LogP contribution in [0.5, 0.6) is 5.75 Å². The summed E-state index contributed by atoms with van der Waals surface area (Å²) in [6, 6.07) is 8.87. The lowest BCUT2D eigenvalue weighted by molar-refractivity contribution is -0.0962. The highest BCUT2D eigenvalue weighted by Crippen LogP contribution is 2.55. The minimum atomic E-state index is 0.163. The number of nitrogens with zero attached hydrogens (tertiary/aromatic N) is 1. The van der Waals surface area contributed by atoms with Crippen LogP contribution in [-0.2, 0) is 10.2 Å². The van der Waals surface area contributed by atoms with Crippen LogP contribution in [0.25, 0.3) is 10.9 Å². The van der Waals surface area contributed by atoms with Gasteiger partial charge in [-0.1, -0.05) is 6.07 Å². The SMILES string of the molecule is Cc1cc(OC(C)C)c2cc([C@@]34CC[C@@H]3CO[C@H](C)C4)ccc2n1.